The molecular weight excluding hydrogens is 334 g/mol. The molecule has 3 rings (SSSR count). The molecule has 2 aromatic carbocycles. The van der Waals surface area contributed by atoms with Gasteiger partial charge in [-0.05, 0) is 35.4 Å². The van der Waals surface area contributed by atoms with E-state index in [1.807, 2.05) is 36.4 Å². The summed E-state index contributed by atoms with van der Waals surface area (Å²) in [6.45, 7) is 0.727. The summed E-state index contributed by atoms with van der Waals surface area (Å²) in [6.07, 6.45) is 1.99. The molecule has 0 saturated heterocycles. The van der Waals surface area contributed by atoms with Crippen LogP contribution >= 0.6 is 11.6 Å². The van der Waals surface area contributed by atoms with Crippen LogP contribution in [-0.2, 0) is 17.8 Å². The topological polar surface area (TPSA) is 54.0 Å². The number of amides is 1. The summed E-state index contributed by atoms with van der Waals surface area (Å²) in [7, 11) is 0. The Morgan fingerprint density at radius 1 is 0.920 bits per heavy atom. The smallest absolute Gasteiger partial charge is 0.229 e. The SMILES string of the molecule is O=C(Cc1ccc(Cl)cc1)Nc1ccc(NCc2ccccc2)cn1. The third-order valence-electron chi connectivity index (χ3n) is 3.65. The van der Waals surface area contributed by atoms with Crippen LogP contribution in [0.3, 0.4) is 0 Å². The van der Waals surface area contributed by atoms with Gasteiger partial charge < -0.3 is 10.6 Å². The zero-order valence-corrected chi connectivity index (χ0v) is 14.3. The van der Waals surface area contributed by atoms with E-state index in [-0.39, 0.29) is 12.3 Å². The van der Waals surface area contributed by atoms with Crippen LogP contribution in [0.1, 0.15) is 11.1 Å². The Hall–Kier alpha value is -2.85. The quantitative estimate of drug-likeness (QED) is 0.686. The summed E-state index contributed by atoms with van der Waals surface area (Å²) in [6, 6.07) is 21.0. The van der Waals surface area contributed by atoms with Crippen LogP contribution < -0.4 is 10.6 Å². The van der Waals surface area contributed by atoms with Crippen LogP contribution in [0.5, 0.6) is 0 Å². The highest BCUT2D eigenvalue weighted by Gasteiger charge is 2.05. The molecule has 0 aliphatic rings. The lowest BCUT2D eigenvalue weighted by molar-refractivity contribution is -0.115. The lowest BCUT2D eigenvalue weighted by Gasteiger charge is -2.08. The molecule has 5 heteroatoms. The summed E-state index contributed by atoms with van der Waals surface area (Å²) < 4.78 is 0. The molecule has 4 nitrogen and oxygen atoms in total. The number of hydrogen-bond donors (Lipinski definition) is 2. The molecular formula is C20H18ClN3O. The van der Waals surface area contributed by atoms with E-state index in [0.717, 1.165) is 17.8 Å². The predicted molar refractivity (Wildman–Crippen MR) is 102 cm³/mol. The molecule has 1 amide bonds. The molecule has 0 aliphatic carbocycles. The van der Waals surface area contributed by atoms with Crippen molar-refractivity contribution < 1.29 is 4.79 Å². The number of benzene rings is 2. The van der Waals surface area contributed by atoms with Crippen LogP contribution in [0.2, 0.25) is 5.02 Å². The number of halogens is 1. The molecule has 2 N–H and O–H groups in total. The van der Waals surface area contributed by atoms with Gasteiger partial charge in [0.05, 0.1) is 18.3 Å². The van der Waals surface area contributed by atoms with Crippen molar-refractivity contribution in [3.8, 4) is 0 Å². The Labute approximate surface area is 151 Å². The van der Waals surface area contributed by atoms with E-state index in [4.69, 9.17) is 11.6 Å². The number of carbonyl (C=O) groups excluding carboxylic acids is 1. The first-order valence-corrected chi connectivity index (χ1v) is 8.35. The molecule has 0 unspecified atom stereocenters. The first-order valence-electron chi connectivity index (χ1n) is 7.97. The van der Waals surface area contributed by atoms with Gasteiger partial charge in [-0.25, -0.2) is 4.98 Å². The third-order valence-corrected chi connectivity index (χ3v) is 3.90. The van der Waals surface area contributed by atoms with Gasteiger partial charge in [0.15, 0.2) is 0 Å². The number of aromatic nitrogens is 1. The molecule has 0 fully saturated rings. The van der Waals surface area contributed by atoms with E-state index >= 15 is 0 Å². The van der Waals surface area contributed by atoms with Crippen LogP contribution in [0, 0.1) is 0 Å². The fourth-order valence-corrected chi connectivity index (χ4v) is 2.47. The fraction of sp³-hybridized carbons (Fsp3) is 0.100. The van der Waals surface area contributed by atoms with Gasteiger partial charge in [-0.1, -0.05) is 54.1 Å². The van der Waals surface area contributed by atoms with Gasteiger partial charge in [-0.3, -0.25) is 4.79 Å². The average molecular weight is 352 g/mol. The Morgan fingerprint density at radius 2 is 1.68 bits per heavy atom. The average Bonchev–Trinajstić information content (AvgIpc) is 2.64. The van der Waals surface area contributed by atoms with Gasteiger partial charge in [-0.15, -0.1) is 0 Å². The second kappa shape index (κ2) is 8.31. The number of hydrogen-bond acceptors (Lipinski definition) is 3. The van der Waals surface area contributed by atoms with E-state index in [0.29, 0.717) is 10.8 Å². The molecule has 0 aliphatic heterocycles. The zero-order chi connectivity index (χ0) is 17.5. The van der Waals surface area contributed by atoms with E-state index in [2.05, 4.69) is 27.8 Å². The zero-order valence-electron chi connectivity index (χ0n) is 13.6. The number of pyridine rings is 1. The van der Waals surface area contributed by atoms with Crippen LogP contribution in [0.15, 0.2) is 72.9 Å². The van der Waals surface area contributed by atoms with E-state index in [1.165, 1.54) is 5.56 Å². The van der Waals surface area contributed by atoms with Crippen molar-refractivity contribution in [2.45, 2.75) is 13.0 Å². The van der Waals surface area contributed by atoms with Crippen molar-refractivity contribution in [3.63, 3.8) is 0 Å². The van der Waals surface area contributed by atoms with Crippen molar-refractivity contribution >= 4 is 29.0 Å². The van der Waals surface area contributed by atoms with Crippen molar-refractivity contribution in [3.05, 3.63) is 89.1 Å². The van der Waals surface area contributed by atoms with Crippen LogP contribution in [-0.4, -0.2) is 10.9 Å². The molecule has 1 heterocycles. The highest BCUT2D eigenvalue weighted by molar-refractivity contribution is 6.30. The van der Waals surface area contributed by atoms with Gasteiger partial charge in [-0.2, -0.15) is 0 Å². The molecule has 1 aromatic heterocycles. The van der Waals surface area contributed by atoms with Gasteiger partial charge >= 0.3 is 0 Å². The van der Waals surface area contributed by atoms with Gasteiger partial charge in [0, 0.05) is 11.6 Å². The first-order chi connectivity index (χ1) is 12.2. The van der Waals surface area contributed by atoms with Crippen molar-refractivity contribution in [2.24, 2.45) is 0 Å². The van der Waals surface area contributed by atoms with Crippen LogP contribution in [0.4, 0.5) is 11.5 Å². The molecule has 0 spiro atoms. The molecule has 0 saturated carbocycles. The lowest BCUT2D eigenvalue weighted by atomic mass is 10.1. The van der Waals surface area contributed by atoms with Gasteiger partial charge in [0.25, 0.3) is 0 Å². The molecule has 3 aromatic rings. The van der Waals surface area contributed by atoms with Crippen molar-refractivity contribution in [2.75, 3.05) is 10.6 Å². The van der Waals surface area contributed by atoms with Gasteiger partial charge in [0.1, 0.15) is 5.82 Å². The third kappa shape index (κ3) is 5.33. The Morgan fingerprint density at radius 3 is 2.36 bits per heavy atom. The Bertz CT molecular complexity index is 818. The molecule has 126 valence electrons. The minimum atomic E-state index is -0.111. The second-order valence-corrected chi connectivity index (χ2v) is 6.06. The molecule has 0 bridgehead atoms. The number of nitrogens with zero attached hydrogens (tertiary/aromatic N) is 1. The van der Waals surface area contributed by atoms with Crippen molar-refractivity contribution in [1.82, 2.24) is 4.98 Å². The normalized spacial score (nSPS) is 10.3. The number of nitrogens with one attached hydrogen (secondary N) is 2. The molecule has 25 heavy (non-hydrogen) atoms. The summed E-state index contributed by atoms with van der Waals surface area (Å²) >= 11 is 5.84. The highest BCUT2D eigenvalue weighted by atomic mass is 35.5. The summed E-state index contributed by atoms with van der Waals surface area (Å²) in [5.41, 5.74) is 3.01. The maximum atomic E-state index is 12.1. The van der Waals surface area contributed by atoms with Crippen LogP contribution in [0.25, 0.3) is 0 Å². The number of carbonyl (C=O) groups is 1. The maximum absolute atomic E-state index is 12.1. The second-order valence-electron chi connectivity index (χ2n) is 5.62. The number of rotatable bonds is 6. The van der Waals surface area contributed by atoms with E-state index < -0.39 is 0 Å². The summed E-state index contributed by atoms with van der Waals surface area (Å²) in [5.74, 6) is 0.420. The molecule has 0 atom stereocenters. The van der Waals surface area contributed by atoms with E-state index in [9.17, 15) is 4.79 Å². The Kier molecular flexibility index (Phi) is 5.65. The molecule has 0 radical (unpaired) electrons. The lowest BCUT2D eigenvalue weighted by Crippen LogP contribution is -2.15. The standard InChI is InChI=1S/C20H18ClN3O/c21-17-8-6-15(7-9-17)12-20(25)24-19-11-10-18(14-23-19)22-13-16-4-2-1-3-5-16/h1-11,14,22H,12-13H2,(H,23,24,25). The number of anilines is 2. The minimum absolute atomic E-state index is 0.111. The highest BCUT2D eigenvalue weighted by Crippen LogP contribution is 2.13. The minimum Gasteiger partial charge on any atom is -0.380 e. The first kappa shape index (κ1) is 17.0. The summed E-state index contributed by atoms with van der Waals surface area (Å²) in [5, 5.41) is 6.75. The maximum Gasteiger partial charge on any atom is 0.229 e. The van der Waals surface area contributed by atoms with Gasteiger partial charge in [0.2, 0.25) is 5.91 Å². The van der Waals surface area contributed by atoms with E-state index in [1.54, 1.807) is 24.4 Å². The summed E-state index contributed by atoms with van der Waals surface area (Å²) in [4.78, 5) is 16.3. The monoisotopic (exact) mass is 351 g/mol. The predicted octanol–water partition coefficient (Wildman–Crippen LogP) is 4.53. The largest absolute Gasteiger partial charge is 0.380 e. The Balaban J connectivity index is 1.51. The fourth-order valence-electron chi connectivity index (χ4n) is 2.35. The van der Waals surface area contributed by atoms with Crippen molar-refractivity contribution in [1.29, 1.82) is 0 Å².